The van der Waals surface area contributed by atoms with Crippen LogP contribution in [0.15, 0.2) is 36.4 Å². The zero-order valence-electron chi connectivity index (χ0n) is 13.9. The van der Waals surface area contributed by atoms with Crippen LogP contribution in [0.2, 0.25) is 0 Å². The summed E-state index contributed by atoms with van der Waals surface area (Å²) < 4.78 is 24.2. The second kappa shape index (κ2) is 7.85. The normalized spacial score (nSPS) is 11.0. The Labute approximate surface area is 144 Å². The molecule has 0 fully saturated rings. The molecule has 2 heterocycles. The van der Waals surface area contributed by atoms with Gasteiger partial charge in [-0.25, -0.2) is 14.4 Å². The van der Waals surface area contributed by atoms with Crippen LogP contribution in [0.4, 0.5) is 10.3 Å². The first-order valence-electron chi connectivity index (χ1n) is 8.08. The average Bonchev–Trinajstić information content (AvgIpc) is 2.62. The lowest BCUT2D eigenvalue weighted by Gasteiger charge is -2.10. The Morgan fingerprint density at radius 3 is 2.52 bits per heavy atom. The maximum atomic E-state index is 13.1. The molecule has 1 aromatic carbocycles. The third kappa shape index (κ3) is 4.19. The van der Waals surface area contributed by atoms with Gasteiger partial charge in [-0.1, -0.05) is 6.92 Å². The van der Waals surface area contributed by atoms with E-state index in [1.165, 1.54) is 12.1 Å². The van der Waals surface area contributed by atoms with Crippen molar-refractivity contribution in [3.8, 4) is 17.1 Å². The summed E-state index contributed by atoms with van der Waals surface area (Å²) in [5.41, 5.74) is 8.29. The van der Waals surface area contributed by atoms with Crippen LogP contribution < -0.4 is 10.5 Å². The average molecular weight is 342 g/mol. The highest BCUT2D eigenvalue weighted by Crippen LogP contribution is 2.26. The first-order chi connectivity index (χ1) is 12.2. The lowest BCUT2D eigenvalue weighted by Crippen LogP contribution is -2.10. The standard InChI is InChI=1S/C18H19FN4O2/c1-2-9-24-10-11-25-17-16-15(22-18(20)23-17)8-7-14(21-16)12-3-5-13(19)6-4-12/h3-8H,2,9-11H2,1H3,(H2,20,22,23). The molecule has 3 aromatic rings. The van der Waals surface area contributed by atoms with E-state index in [4.69, 9.17) is 15.2 Å². The van der Waals surface area contributed by atoms with Crippen LogP contribution in [-0.2, 0) is 4.74 Å². The number of hydrogen-bond acceptors (Lipinski definition) is 6. The highest BCUT2D eigenvalue weighted by atomic mass is 19.1. The highest BCUT2D eigenvalue weighted by Gasteiger charge is 2.11. The van der Waals surface area contributed by atoms with Crippen molar-refractivity contribution in [2.24, 2.45) is 0 Å². The number of ether oxygens (including phenoxy) is 2. The van der Waals surface area contributed by atoms with Crippen molar-refractivity contribution in [2.45, 2.75) is 13.3 Å². The Bertz CT molecular complexity index is 856. The van der Waals surface area contributed by atoms with Crippen LogP contribution in [0.5, 0.6) is 5.88 Å². The molecule has 7 heteroatoms. The van der Waals surface area contributed by atoms with E-state index in [0.29, 0.717) is 42.4 Å². The number of fused-ring (bicyclic) bond motifs is 1. The van der Waals surface area contributed by atoms with E-state index < -0.39 is 0 Å². The molecule has 0 saturated heterocycles. The lowest BCUT2D eigenvalue weighted by molar-refractivity contribution is 0.0995. The summed E-state index contributed by atoms with van der Waals surface area (Å²) in [6.45, 7) is 3.52. The van der Waals surface area contributed by atoms with Crippen LogP contribution in [0.3, 0.4) is 0 Å². The molecule has 3 rings (SSSR count). The summed E-state index contributed by atoms with van der Waals surface area (Å²) in [4.78, 5) is 12.9. The second-order valence-electron chi connectivity index (χ2n) is 5.42. The molecule has 0 aliphatic rings. The number of benzene rings is 1. The van der Waals surface area contributed by atoms with E-state index in [0.717, 1.165) is 12.0 Å². The summed E-state index contributed by atoms with van der Waals surface area (Å²) in [5, 5.41) is 0. The zero-order valence-corrected chi connectivity index (χ0v) is 13.9. The Balaban J connectivity index is 1.89. The van der Waals surface area contributed by atoms with E-state index >= 15 is 0 Å². The van der Waals surface area contributed by atoms with Gasteiger partial charge in [0, 0.05) is 12.2 Å². The van der Waals surface area contributed by atoms with Gasteiger partial charge in [0.25, 0.3) is 0 Å². The van der Waals surface area contributed by atoms with Crippen molar-refractivity contribution in [3.05, 3.63) is 42.2 Å². The molecule has 25 heavy (non-hydrogen) atoms. The third-order valence-corrected chi connectivity index (χ3v) is 3.48. The molecule has 2 aromatic heterocycles. The molecule has 0 bridgehead atoms. The molecule has 130 valence electrons. The van der Waals surface area contributed by atoms with Crippen molar-refractivity contribution in [1.29, 1.82) is 0 Å². The van der Waals surface area contributed by atoms with Gasteiger partial charge in [0.15, 0.2) is 5.52 Å². The number of rotatable bonds is 7. The first kappa shape index (κ1) is 17.0. The molecule has 0 amide bonds. The Morgan fingerprint density at radius 1 is 0.960 bits per heavy atom. The van der Waals surface area contributed by atoms with Crippen molar-refractivity contribution < 1.29 is 13.9 Å². The quantitative estimate of drug-likeness (QED) is 0.664. The van der Waals surface area contributed by atoms with E-state index in [1.54, 1.807) is 24.3 Å². The maximum Gasteiger partial charge on any atom is 0.245 e. The van der Waals surface area contributed by atoms with Crippen LogP contribution >= 0.6 is 0 Å². The first-order valence-corrected chi connectivity index (χ1v) is 8.08. The van der Waals surface area contributed by atoms with Gasteiger partial charge in [0.1, 0.15) is 12.4 Å². The predicted molar refractivity (Wildman–Crippen MR) is 93.7 cm³/mol. The number of anilines is 1. The van der Waals surface area contributed by atoms with Gasteiger partial charge < -0.3 is 15.2 Å². The minimum absolute atomic E-state index is 0.119. The summed E-state index contributed by atoms with van der Waals surface area (Å²) >= 11 is 0. The van der Waals surface area contributed by atoms with Crippen molar-refractivity contribution in [1.82, 2.24) is 15.0 Å². The predicted octanol–water partition coefficient (Wildman–Crippen LogP) is 3.22. The van der Waals surface area contributed by atoms with Gasteiger partial charge in [-0.15, -0.1) is 0 Å². The van der Waals surface area contributed by atoms with Gasteiger partial charge in [0.05, 0.1) is 17.8 Å². The molecular formula is C18H19FN4O2. The summed E-state index contributed by atoms with van der Waals surface area (Å²) in [6.07, 6.45) is 0.950. The summed E-state index contributed by atoms with van der Waals surface area (Å²) in [6, 6.07) is 9.71. The molecule has 2 N–H and O–H groups in total. The topological polar surface area (TPSA) is 83.2 Å². The maximum absolute atomic E-state index is 13.1. The van der Waals surface area contributed by atoms with Gasteiger partial charge in [0.2, 0.25) is 11.8 Å². The third-order valence-electron chi connectivity index (χ3n) is 3.48. The van der Waals surface area contributed by atoms with E-state index in [-0.39, 0.29) is 11.8 Å². The van der Waals surface area contributed by atoms with Gasteiger partial charge >= 0.3 is 0 Å². The second-order valence-corrected chi connectivity index (χ2v) is 5.42. The van der Waals surface area contributed by atoms with E-state index in [1.807, 2.05) is 6.92 Å². The minimum Gasteiger partial charge on any atom is -0.474 e. The molecule has 0 unspecified atom stereocenters. The SMILES string of the molecule is CCCOCCOc1nc(N)nc2ccc(-c3ccc(F)cc3)nc12. The van der Waals surface area contributed by atoms with Crippen molar-refractivity contribution >= 4 is 17.0 Å². The largest absolute Gasteiger partial charge is 0.474 e. The van der Waals surface area contributed by atoms with Crippen molar-refractivity contribution in [2.75, 3.05) is 25.6 Å². The van der Waals surface area contributed by atoms with E-state index in [2.05, 4.69) is 15.0 Å². The highest BCUT2D eigenvalue weighted by molar-refractivity contribution is 5.83. The van der Waals surface area contributed by atoms with Crippen molar-refractivity contribution in [3.63, 3.8) is 0 Å². The molecule has 0 spiro atoms. The van der Waals surface area contributed by atoms with Gasteiger partial charge in [-0.3, -0.25) is 0 Å². The smallest absolute Gasteiger partial charge is 0.245 e. The molecule has 6 nitrogen and oxygen atoms in total. The number of nitrogen functional groups attached to an aromatic ring is 1. The number of aromatic nitrogens is 3. The fraction of sp³-hybridized carbons (Fsp3) is 0.278. The summed E-state index contributed by atoms with van der Waals surface area (Å²) in [7, 11) is 0. The monoisotopic (exact) mass is 342 g/mol. The van der Waals surface area contributed by atoms with Crippen LogP contribution in [0.1, 0.15) is 13.3 Å². The van der Waals surface area contributed by atoms with Crippen LogP contribution in [0.25, 0.3) is 22.3 Å². The Hall–Kier alpha value is -2.80. The van der Waals surface area contributed by atoms with E-state index in [9.17, 15) is 4.39 Å². The summed E-state index contributed by atoms with van der Waals surface area (Å²) in [5.74, 6) is 0.136. The molecule has 0 atom stereocenters. The van der Waals surface area contributed by atoms with Crippen LogP contribution in [-0.4, -0.2) is 34.8 Å². The minimum atomic E-state index is -0.295. The Morgan fingerprint density at radius 2 is 1.76 bits per heavy atom. The number of nitrogens with zero attached hydrogens (tertiary/aromatic N) is 3. The molecule has 0 radical (unpaired) electrons. The number of hydrogen-bond donors (Lipinski definition) is 1. The Kier molecular flexibility index (Phi) is 5.35. The lowest BCUT2D eigenvalue weighted by atomic mass is 10.1. The molecule has 0 saturated carbocycles. The number of halogens is 1. The van der Waals surface area contributed by atoms with Gasteiger partial charge in [-0.2, -0.15) is 4.98 Å². The fourth-order valence-electron chi connectivity index (χ4n) is 2.33. The molecule has 0 aliphatic heterocycles. The number of pyridine rings is 1. The molecule has 0 aliphatic carbocycles. The number of nitrogens with two attached hydrogens (primary N) is 1. The molecular weight excluding hydrogens is 323 g/mol. The zero-order chi connectivity index (χ0) is 17.6. The van der Waals surface area contributed by atoms with Gasteiger partial charge in [-0.05, 0) is 42.8 Å². The van der Waals surface area contributed by atoms with Crippen LogP contribution in [0, 0.1) is 5.82 Å². The fourth-order valence-corrected chi connectivity index (χ4v) is 2.33.